The van der Waals surface area contributed by atoms with E-state index < -0.39 is 0 Å². The van der Waals surface area contributed by atoms with Crippen molar-refractivity contribution in [3.05, 3.63) is 59.7 Å². The zero-order chi connectivity index (χ0) is 19.0. The first-order chi connectivity index (χ1) is 13.1. The second-order valence-electron chi connectivity index (χ2n) is 5.89. The van der Waals surface area contributed by atoms with E-state index in [2.05, 4.69) is 15.4 Å². The highest BCUT2D eigenvalue weighted by Gasteiger charge is 2.20. The Bertz CT molecular complexity index is 1150. The number of nitrogens with one attached hydrogen (secondary N) is 1. The first-order valence-electron chi connectivity index (χ1n) is 8.07. The topological polar surface area (TPSA) is 82.2 Å². The number of carbonyl (C=O) groups excluding carboxylic acids is 1. The second kappa shape index (κ2) is 6.77. The summed E-state index contributed by atoms with van der Waals surface area (Å²) in [6.07, 6.45) is 6.35. The number of methoxy groups -OCH3 is 1. The lowest BCUT2D eigenvalue weighted by atomic mass is 10.1. The van der Waals surface area contributed by atoms with Crippen LogP contribution in [0.4, 0.5) is 5.69 Å². The summed E-state index contributed by atoms with van der Waals surface area (Å²) in [4.78, 5) is 16.9. The third-order valence-corrected chi connectivity index (χ3v) is 4.33. The lowest BCUT2D eigenvalue weighted by molar-refractivity contribution is 0.102. The first kappa shape index (κ1) is 17.1. The Morgan fingerprint density at radius 1 is 1.30 bits per heavy atom. The van der Waals surface area contributed by atoms with Gasteiger partial charge in [0.2, 0.25) is 0 Å². The van der Waals surface area contributed by atoms with E-state index in [0.29, 0.717) is 38.9 Å². The Balaban J connectivity index is 1.75. The largest absolute Gasteiger partial charge is 0.496 e. The molecule has 27 heavy (non-hydrogen) atoms. The number of nitrogens with zero attached hydrogens (tertiary/aromatic N) is 3. The molecule has 3 heterocycles. The number of rotatable bonds is 4. The van der Waals surface area contributed by atoms with E-state index in [1.807, 2.05) is 0 Å². The van der Waals surface area contributed by atoms with Crippen molar-refractivity contribution in [3.63, 3.8) is 0 Å². The normalized spacial score (nSPS) is 10.9. The van der Waals surface area contributed by atoms with Crippen molar-refractivity contribution in [2.24, 2.45) is 7.05 Å². The fourth-order valence-electron chi connectivity index (χ4n) is 2.89. The minimum absolute atomic E-state index is 0.338. The van der Waals surface area contributed by atoms with E-state index in [1.54, 1.807) is 55.5 Å². The molecular formula is C19H15ClN4O3. The quantitative estimate of drug-likeness (QED) is 0.573. The van der Waals surface area contributed by atoms with Crippen LogP contribution in [0.5, 0.6) is 5.75 Å². The molecule has 0 bridgehead atoms. The van der Waals surface area contributed by atoms with E-state index in [1.165, 1.54) is 12.5 Å². The molecule has 0 saturated heterocycles. The number of fused-ring (bicyclic) bond motifs is 1. The molecule has 1 aromatic carbocycles. The fraction of sp³-hybridized carbons (Fsp3) is 0.105. The van der Waals surface area contributed by atoms with Crippen molar-refractivity contribution in [2.75, 3.05) is 12.4 Å². The summed E-state index contributed by atoms with van der Waals surface area (Å²) >= 11 is 6.14. The van der Waals surface area contributed by atoms with Crippen LogP contribution >= 0.6 is 11.6 Å². The summed E-state index contributed by atoms with van der Waals surface area (Å²) in [5.74, 6) is 0.252. The highest BCUT2D eigenvalue weighted by molar-refractivity contribution is 6.31. The number of pyridine rings is 1. The molecule has 0 unspecified atom stereocenters. The number of aryl methyl sites for hydroxylation is 1. The van der Waals surface area contributed by atoms with E-state index in [0.717, 1.165) is 5.39 Å². The molecule has 4 rings (SSSR count). The Kier molecular flexibility index (Phi) is 4.29. The van der Waals surface area contributed by atoms with E-state index >= 15 is 0 Å². The van der Waals surface area contributed by atoms with Crippen LogP contribution < -0.4 is 10.1 Å². The third kappa shape index (κ3) is 3.13. The monoisotopic (exact) mass is 382 g/mol. The van der Waals surface area contributed by atoms with Gasteiger partial charge in [0.15, 0.2) is 0 Å². The van der Waals surface area contributed by atoms with Gasteiger partial charge >= 0.3 is 0 Å². The highest BCUT2D eigenvalue weighted by atomic mass is 35.5. The van der Waals surface area contributed by atoms with Gasteiger partial charge in [-0.1, -0.05) is 11.6 Å². The predicted molar refractivity (Wildman–Crippen MR) is 102 cm³/mol. The number of furan rings is 1. The molecule has 7 nitrogen and oxygen atoms in total. The Hall–Kier alpha value is -3.32. The molecule has 136 valence electrons. The molecule has 0 aliphatic carbocycles. The van der Waals surface area contributed by atoms with Gasteiger partial charge in [-0.05, 0) is 24.3 Å². The van der Waals surface area contributed by atoms with Crippen LogP contribution in [0.25, 0.3) is 22.2 Å². The maximum Gasteiger partial charge on any atom is 0.261 e. The van der Waals surface area contributed by atoms with Gasteiger partial charge in [0.05, 0.1) is 19.1 Å². The summed E-state index contributed by atoms with van der Waals surface area (Å²) in [5.41, 5.74) is 2.56. The summed E-state index contributed by atoms with van der Waals surface area (Å²) in [5, 5.41) is 8.63. The molecule has 0 spiro atoms. The average Bonchev–Trinajstić information content (AvgIpc) is 3.27. The molecule has 3 aromatic heterocycles. The van der Waals surface area contributed by atoms with Crippen LogP contribution in [0.2, 0.25) is 5.02 Å². The molecule has 1 amide bonds. The van der Waals surface area contributed by atoms with Crippen LogP contribution in [0, 0.1) is 0 Å². The number of carbonyl (C=O) groups is 1. The highest BCUT2D eigenvalue weighted by Crippen LogP contribution is 2.36. The van der Waals surface area contributed by atoms with E-state index in [-0.39, 0.29) is 5.91 Å². The van der Waals surface area contributed by atoms with Crippen LogP contribution in [-0.2, 0) is 7.05 Å². The zero-order valence-corrected chi connectivity index (χ0v) is 15.3. The summed E-state index contributed by atoms with van der Waals surface area (Å²) in [7, 11) is 3.34. The first-order valence-corrected chi connectivity index (χ1v) is 8.44. The maximum absolute atomic E-state index is 12.8. The molecule has 8 heteroatoms. The van der Waals surface area contributed by atoms with Crippen molar-refractivity contribution in [1.82, 2.24) is 14.8 Å². The molecule has 0 radical (unpaired) electrons. The average molecular weight is 383 g/mol. The van der Waals surface area contributed by atoms with Crippen molar-refractivity contribution in [1.29, 1.82) is 0 Å². The number of halogens is 1. The fourth-order valence-corrected chi connectivity index (χ4v) is 3.06. The van der Waals surface area contributed by atoms with Crippen molar-refractivity contribution in [2.45, 2.75) is 0 Å². The molecule has 0 saturated carbocycles. The molecule has 0 atom stereocenters. The van der Waals surface area contributed by atoms with Crippen LogP contribution in [0.3, 0.4) is 0 Å². The molecule has 0 fully saturated rings. The van der Waals surface area contributed by atoms with Gasteiger partial charge in [0.1, 0.15) is 22.6 Å². The van der Waals surface area contributed by atoms with Gasteiger partial charge in [0.25, 0.3) is 5.91 Å². The Labute approximate surface area is 159 Å². The van der Waals surface area contributed by atoms with Crippen molar-refractivity contribution in [3.8, 4) is 17.0 Å². The SMILES string of the molecule is COc1ccc(Cl)cc1-c1nn(C)cc1NC(=O)c1cncc2ccoc12. The standard InChI is InChI=1S/C19H15ClN4O3/c1-24-10-15(17(23-24)13-7-12(20)3-4-16(13)26-2)22-19(25)14-9-21-8-11-5-6-27-18(11)14/h3-10H,1-2H3,(H,22,25). The van der Waals surface area contributed by atoms with Gasteiger partial charge in [-0.15, -0.1) is 0 Å². The van der Waals surface area contributed by atoms with Gasteiger partial charge in [-0.25, -0.2) is 0 Å². The molecular weight excluding hydrogens is 368 g/mol. The number of benzene rings is 1. The Morgan fingerprint density at radius 3 is 2.96 bits per heavy atom. The van der Waals surface area contributed by atoms with Gasteiger partial charge < -0.3 is 14.5 Å². The smallest absolute Gasteiger partial charge is 0.261 e. The second-order valence-corrected chi connectivity index (χ2v) is 6.33. The number of aromatic nitrogens is 3. The van der Waals surface area contributed by atoms with E-state index in [4.69, 9.17) is 20.8 Å². The van der Waals surface area contributed by atoms with Crippen molar-refractivity contribution < 1.29 is 13.9 Å². The third-order valence-electron chi connectivity index (χ3n) is 4.10. The Morgan fingerprint density at radius 2 is 2.15 bits per heavy atom. The number of hydrogen-bond donors (Lipinski definition) is 1. The van der Waals surface area contributed by atoms with Gasteiger partial charge in [-0.3, -0.25) is 14.5 Å². The summed E-state index contributed by atoms with van der Waals surface area (Å²) in [6.45, 7) is 0. The maximum atomic E-state index is 12.8. The number of anilines is 1. The minimum atomic E-state index is -0.349. The number of hydrogen-bond acceptors (Lipinski definition) is 5. The van der Waals surface area contributed by atoms with Crippen molar-refractivity contribution >= 4 is 34.2 Å². The van der Waals surface area contributed by atoms with Crippen LogP contribution in [0.15, 0.2) is 53.5 Å². The van der Waals surface area contributed by atoms with Gasteiger partial charge in [0, 0.05) is 41.6 Å². The summed E-state index contributed by atoms with van der Waals surface area (Å²) in [6, 6.07) is 6.98. The molecule has 0 aliphatic rings. The zero-order valence-electron chi connectivity index (χ0n) is 14.6. The van der Waals surface area contributed by atoms with Crippen LogP contribution in [-0.4, -0.2) is 27.8 Å². The lowest BCUT2D eigenvalue weighted by Crippen LogP contribution is -2.12. The summed E-state index contributed by atoms with van der Waals surface area (Å²) < 4.78 is 12.4. The molecule has 4 aromatic rings. The minimum Gasteiger partial charge on any atom is -0.496 e. The number of ether oxygens (including phenoxy) is 1. The predicted octanol–water partition coefficient (Wildman–Crippen LogP) is 4.14. The lowest BCUT2D eigenvalue weighted by Gasteiger charge is -2.10. The van der Waals surface area contributed by atoms with E-state index in [9.17, 15) is 4.79 Å². The molecule has 1 N–H and O–H groups in total. The number of amides is 1. The van der Waals surface area contributed by atoms with Crippen LogP contribution in [0.1, 0.15) is 10.4 Å². The van der Waals surface area contributed by atoms with Gasteiger partial charge in [-0.2, -0.15) is 5.10 Å². The molecule has 0 aliphatic heterocycles.